The van der Waals surface area contributed by atoms with Crippen LogP contribution in [0.25, 0.3) is 0 Å². The first-order chi connectivity index (χ1) is 13.8. The van der Waals surface area contributed by atoms with Crippen LogP contribution >= 0.6 is 0 Å². The average molecular weight is 401 g/mol. The molecule has 158 valence electrons. The molecule has 2 amide bonds. The number of hydrogen-bond acceptors (Lipinski definition) is 4. The van der Waals surface area contributed by atoms with Crippen molar-refractivity contribution >= 4 is 17.6 Å². The van der Waals surface area contributed by atoms with E-state index in [0.717, 1.165) is 12.8 Å². The number of fused-ring (bicyclic) bond motifs is 1. The smallest absolute Gasteiger partial charge is 0.251 e. The number of hydrogen-bond donors (Lipinski definition) is 2. The maximum Gasteiger partial charge on any atom is 0.251 e. The SMILES string of the molecule is CC(CCNC(=O)c1ccc(C(C)C)cc1)CC(=O)NC12CCCC1OCC2=O. The quantitative estimate of drug-likeness (QED) is 0.703. The minimum absolute atomic E-state index is 0.00301. The Morgan fingerprint density at radius 2 is 1.93 bits per heavy atom. The lowest BCUT2D eigenvalue weighted by Crippen LogP contribution is -2.56. The normalized spacial score (nSPS) is 24.4. The fraction of sp³-hybridized carbons (Fsp3) is 0.609. The van der Waals surface area contributed by atoms with Crippen molar-refractivity contribution in [2.75, 3.05) is 13.2 Å². The topological polar surface area (TPSA) is 84.5 Å². The van der Waals surface area contributed by atoms with E-state index < -0.39 is 5.54 Å². The summed E-state index contributed by atoms with van der Waals surface area (Å²) in [5.41, 5.74) is 1.05. The van der Waals surface area contributed by atoms with Crippen molar-refractivity contribution in [2.24, 2.45) is 5.92 Å². The van der Waals surface area contributed by atoms with Crippen LogP contribution in [-0.2, 0) is 14.3 Å². The summed E-state index contributed by atoms with van der Waals surface area (Å²) >= 11 is 0. The molecule has 1 aromatic rings. The summed E-state index contributed by atoms with van der Waals surface area (Å²) in [6.45, 7) is 6.84. The van der Waals surface area contributed by atoms with E-state index in [4.69, 9.17) is 4.74 Å². The van der Waals surface area contributed by atoms with E-state index in [2.05, 4.69) is 24.5 Å². The van der Waals surface area contributed by atoms with Crippen LogP contribution in [0.5, 0.6) is 0 Å². The highest BCUT2D eigenvalue weighted by Gasteiger charge is 2.54. The number of nitrogens with one attached hydrogen (secondary N) is 2. The first kappa shape index (κ1) is 21.5. The van der Waals surface area contributed by atoms with Gasteiger partial charge in [0.25, 0.3) is 5.91 Å². The maximum absolute atomic E-state index is 12.5. The molecule has 1 aromatic carbocycles. The predicted octanol–water partition coefficient (Wildman–Crippen LogP) is 2.96. The van der Waals surface area contributed by atoms with E-state index >= 15 is 0 Å². The molecule has 0 bridgehead atoms. The van der Waals surface area contributed by atoms with Crippen molar-refractivity contribution in [3.63, 3.8) is 0 Å². The van der Waals surface area contributed by atoms with Crippen LogP contribution in [0, 0.1) is 5.92 Å². The van der Waals surface area contributed by atoms with Crippen molar-refractivity contribution in [3.05, 3.63) is 35.4 Å². The number of ketones is 1. The van der Waals surface area contributed by atoms with Gasteiger partial charge < -0.3 is 15.4 Å². The van der Waals surface area contributed by atoms with Crippen molar-refractivity contribution in [2.45, 2.75) is 70.4 Å². The Hall–Kier alpha value is -2.21. The number of Topliss-reactive ketones (excluding diaryl/α,β-unsaturated/α-hetero) is 1. The third-order valence-electron chi connectivity index (χ3n) is 6.16. The van der Waals surface area contributed by atoms with Crippen LogP contribution in [0.2, 0.25) is 0 Å². The molecular weight excluding hydrogens is 368 g/mol. The molecule has 3 unspecified atom stereocenters. The third kappa shape index (κ3) is 4.86. The average Bonchev–Trinajstić information content (AvgIpc) is 3.21. The summed E-state index contributed by atoms with van der Waals surface area (Å²) in [4.78, 5) is 37.0. The van der Waals surface area contributed by atoms with Crippen molar-refractivity contribution in [3.8, 4) is 0 Å². The lowest BCUT2D eigenvalue weighted by molar-refractivity contribution is -0.130. The van der Waals surface area contributed by atoms with Crippen LogP contribution in [0.15, 0.2) is 24.3 Å². The summed E-state index contributed by atoms with van der Waals surface area (Å²) in [6.07, 6.45) is 3.26. The molecule has 1 aliphatic heterocycles. The van der Waals surface area contributed by atoms with Crippen molar-refractivity contribution < 1.29 is 19.1 Å². The summed E-state index contributed by atoms with van der Waals surface area (Å²) < 4.78 is 5.54. The van der Waals surface area contributed by atoms with Gasteiger partial charge in [-0.25, -0.2) is 0 Å². The zero-order valence-electron chi connectivity index (χ0n) is 17.6. The second-order valence-electron chi connectivity index (χ2n) is 8.77. The van der Waals surface area contributed by atoms with Gasteiger partial charge in [-0.15, -0.1) is 0 Å². The zero-order valence-corrected chi connectivity index (χ0v) is 17.6. The minimum atomic E-state index is -0.798. The molecule has 0 spiro atoms. The number of carbonyl (C=O) groups is 3. The largest absolute Gasteiger partial charge is 0.367 e. The van der Waals surface area contributed by atoms with Gasteiger partial charge in [0.1, 0.15) is 12.1 Å². The van der Waals surface area contributed by atoms with Gasteiger partial charge in [0.15, 0.2) is 5.78 Å². The Bertz CT molecular complexity index is 759. The molecule has 2 fully saturated rings. The molecule has 2 aliphatic rings. The fourth-order valence-corrected chi connectivity index (χ4v) is 4.31. The highest BCUT2D eigenvalue weighted by Crippen LogP contribution is 2.37. The van der Waals surface area contributed by atoms with Crippen LogP contribution in [0.1, 0.15) is 74.7 Å². The van der Waals surface area contributed by atoms with Gasteiger partial charge in [0.05, 0.1) is 6.10 Å². The lowest BCUT2D eigenvalue weighted by Gasteiger charge is -2.28. The third-order valence-corrected chi connectivity index (χ3v) is 6.16. The first-order valence-electron chi connectivity index (χ1n) is 10.7. The summed E-state index contributed by atoms with van der Waals surface area (Å²) in [5, 5.41) is 5.90. The molecule has 1 aliphatic carbocycles. The second kappa shape index (κ2) is 9.08. The van der Waals surface area contributed by atoms with Crippen molar-refractivity contribution in [1.82, 2.24) is 10.6 Å². The van der Waals surface area contributed by atoms with Crippen LogP contribution in [0.3, 0.4) is 0 Å². The number of ether oxygens (including phenoxy) is 1. The summed E-state index contributed by atoms with van der Waals surface area (Å²) in [6, 6.07) is 7.66. The molecule has 6 nitrogen and oxygen atoms in total. The molecule has 1 saturated carbocycles. The van der Waals surface area contributed by atoms with Gasteiger partial charge in [-0.1, -0.05) is 32.9 Å². The fourth-order valence-electron chi connectivity index (χ4n) is 4.31. The Morgan fingerprint density at radius 1 is 1.21 bits per heavy atom. The molecule has 2 N–H and O–H groups in total. The number of rotatable bonds is 8. The Balaban J connectivity index is 1.41. The number of carbonyl (C=O) groups excluding carboxylic acids is 3. The van der Waals surface area contributed by atoms with E-state index in [0.29, 0.717) is 37.3 Å². The van der Waals surface area contributed by atoms with Crippen LogP contribution in [-0.4, -0.2) is 42.4 Å². The summed E-state index contributed by atoms with van der Waals surface area (Å²) in [5.74, 6) is 0.325. The van der Waals surface area contributed by atoms with E-state index in [1.807, 2.05) is 31.2 Å². The molecule has 1 heterocycles. The number of benzene rings is 1. The molecule has 6 heteroatoms. The standard InChI is InChI=1S/C23H32N2O4/c1-15(2)17-6-8-18(9-7-17)22(28)24-12-10-16(3)13-21(27)25-23-11-4-5-20(23)29-14-19(23)26/h6-9,15-16,20H,4-5,10-14H2,1-3H3,(H,24,28)(H,25,27). The van der Waals surface area contributed by atoms with Gasteiger partial charge in [-0.2, -0.15) is 0 Å². The molecule has 0 aromatic heterocycles. The van der Waals surface area contributed by atoms with Crippen molar-refractivity contribution in [1.29, 1.82) is 0 Å². The van der Waals surface area contributed by atoms with Gasteiger partial charge in [0.2, 0.25) is 5.91 Å². The lowest BCUT2D eigenvalue weighted by atomic mass is 9.91. The molecule has 1 saturated heterocycles. The minimum Gasteiger partial charge on any atom is -0.367 e. The number of amides is 2. The predicted molar refractivity (Wildman–Crippen MR) is 111 cm³/mol. The van der Waals surface area contributed by atoms with Crippen LogP contribution in [0.4, 0.5) is 0 Å². The highest BCUT2D eigenvalue weighted by molar-refractivity contribution is 5.96. The molecular formula is C23H32N2O4. The monoisotopic (exact) mass is 400 g/mol. The first-order valence-corrected chi connectivity index (χ1v) is 10.7. The highest BCUT2D eigenvalue weighted by atomic mass is 16.5. The van der Waals surface area contributed by atoms with E-state index in [9.17, 15) is 14.4 Å². The zero-order chi connectivity index (χ0) is 21.0. The molecule has 29 heavy (non-hydrogen) atoms. The Labute approximate surface area is 172 Å². The molecule has 3 atom stereocenters. The van der Waals surface area contributed by atoms with Gasteiger partial charge in [-0.05, 0) is 55.2 Å². The van der Waals surface area contributed by atoms with E-state index in [-0.39, 0.29) is 36.2 Å². The van der Waals surface area contributed by atoms with E-state index in [1.165, 1.54) is 5.56 Å². The Morgan fingerprint density at radius 3 is 2.62 bits per heavy atom. The van der Waals surface area contributed by atoms with Gasteiger partial charge in [-0.3, -0.25) is 14.4 Å². The second-order valence-corrected chi connectivity index (χ2v) is 8.77. The van der Waals surface area contributed by atoms with Gasteiger partial charge in [0, 0.05) is 18.5 Å². The molecule has 0 radical (unpaired) electrons. The summed E-state index contributed by atoms with van der Waals surface area (Å²) in [7, 11) is 0. The van der Waals surface area contributed by atoms with Crippen LogP contribution < -0.4 is 10.6 Å². The van der Waals surface area contributed by atoms with E-state index in [1.54, 1.807) is 0 Å². The molecule has 3 rings (SSSR count). The Kier molecular flexibility index (Phi) is 6.73. The maximum atomic E-state index is 12.5. The van der Waals surface area contributed by atoms with Gasteiger partial charge >= 0.3 is 0 Å².